The van der Waals surface area contributed by atoms with Crippen molar-refractivity contribution >= 4 is 29.5 Å². The lowest BCUT2D eigenvalue weighted by molar-refractivity contribution is -0.137. The summed E-state index contributed by atoms with van der Waals surface area (Å²) in [4.78, 5) is 29.4. The fraction of sp³-hybridized carbons (Fsp3) is 0.238. The van der Waals surface area contributed by atoms with Crippen LogP contribution in [0, 0.1) is 11.3 Å². The number of nitrogens with one attached hydrogen (secondary N) is 1. The van der Waals surface area contributed by atoms with Gasteiger partial charge in [-0.25, -0.2) is 9.78 Å². The number of nitrogens with zero attached hydrogens (tertiary/aromatic N) is 3. The Kier molecular flexibility index (Phi) is 6.37. The van der Waals surface area contributed by atoms with Crippen molar-refractivity contribution in [3.05, 3.63) is 59.8 Å². The maximum Gasteiger partial charge on any atom is 0.330 e. The summed E-state index contributed by atoms with van der Waals surface area (Å²) in [5.74, 6) is 0.156. The van der Waals surface area contributed by atoms with E-state index in [1.165, 1.54) is 6.08 Å². The number of aromatic nitrogens is 1. The second-order valence-electron chi connectivity index (χ2n) is 6.18. The van der Waals surface area contributed by atoms with Crippen molar-refractivity contribution in [2.75, 3.05) is 29.9 Å². The van der Waals surface area contributed by atoms with E-state index in [1.54, 1.807) is 29.3 Å². The van der Waals surface area contributed by atoms with E-state index >= 15 is 0 Å². The number of anilines is 2. The number of pyridine rings is 1. The normalized spacial score (nSPS) is 13.5. The van der Waals surface area contributed by atoms with E-state index in [0.29, 0.717) is 24.3 Å². The highest BCUT2D eigenvalue weighted by molar-refractivity contribution is 5.95. The van der Waals surface area contributed by atoms with Crippen LogP contribution in [0.3, 0.4) is 0 Å². The van der Waals surface area contributed by atoms with E-state index in [1.807, 2.05) is 30.3 Å². The van der Waals surface area contributed by atoms with E-state index in [4.69, 9.17) is 10.00 Å². The predicted octanol–water partition coefficient (Wildman–Crippen LogP) is 2.75. The predicted molar refractivity (Wildman–Crippen MR) is 105 cm³/mol. The monoisotopic (exact) mass is 376 g/mol. The first-order valence-corrected chi connectivity index (χ1v) is 9.01. The summed E-state index contributed by atoms with van der Waals surface area (Å²) in [7, 11) is 0. The van der Waals surface area contributed by atoms with Crippen LogP contribution in [0.4, 0.5) is 11.5 Å². The molecule has 1 amide bonds. The Labute approximate surface area is 163 Å². The summed E-state index contributed by atoms with van der Waals surface area (Å²) < 4.78 is 5.13. The minimum atomic E-state index is -0.456. The molecule has 1 aliphatic rings. The molecule has 1 N–H and O–H groups in total. The minimum Gasteiger partial charge on any atom is -0.461 e. The molecular weight excluding hydrogens is 356 g/mol. The summed E-state index contributed by atoms with van der Waals surface area (Å²) in [6.07, 6.45) is 6.10. The van der Waals surface area contributed by atoms with Crippen LogP contribution in [-0.4, -0.2) is 36.6 Å². The lowest BCUT2D eigenvalue weighted by atomic mass is 10.2. The number of hydrogen-bond acceptors (Lipinski definition) is 6. The lowest BCUT2D eigenvalue weighted by Crippen LogP contribution is -2.23. The van der Waals surface area contributed by atoms with Crippen LogP contribution in [0.25, 0.3) is 6.08 Å². The van der Waals surface area contributed by atoms with Gasteiger partial charge >= 0.3 is 5.97 Å². The van der Waals surface area contributed by atoms with Crippen LogP contribution >= 0.6 is 0 Å². The summed E-state index contributed by atoms with van der Waals surface area (Å²) in [6.45, 7) is 1.26. The maximum atomic E-state index is 11.8. The van der Waals surface area contributed by atoms with Crippen molar-refractivity contribution in [3.8, 4) is 6.07 Å². The molecule has 1 saturated heterocycles. The van der Waals surface area contributed by atoms with Crippen LogP contribution in [0.5, 0.6) is 0 Å². The molecule has 2 aromatic rings. The van der Waals surface area contributed by atoms with Gasteiger partial charge in [0.15, 0.2) is 0 Å². The van der Waals surface area contributed by atoms with Gasteiger partial charge in [0.05, 0.1) is 12.1 Å². The topological polar surface area (TPSA) is 95.3 Å². The Bertz CT molecular complexity index is 916. The molecule has 0 unspecified atom stereocenters. The molecule has 0 radical (unpaired) electrons. The molecule has 1 aromatic carbocycles. The average molecular weight is 376 g/mol. The summed E-state index contributed by atoms with van der Waals surface area (Å²) in [5, 5.41) is 12.0. The standard InChI is InChI=1S/C21H20N4O3/c22-15-17-3-1-11-23-21(17)24-12-14-28-20(27)10-7-16-5-8-18(9-6-16)25-13-2-4-19(25)26/h1,3,5-11H,2,4,12-14H2,(H,23,24)/b10-7+. The molecule has 0 spiro atoms. The highest BCUT2D eigenvalue weighted by atomic mass is 16.5. The number of carbonyl (C=O) groups excluding carboxylic acids is 2. The van der Waals surface area contributed by atoms with Gasteiger partial charge in [0.25, 0.3) is 0 Å². The third-order valence-electron chi connectivity index (χ3n) is 4.26. The zero-order valence-corrected chi connectivity index (χ0v) is 15.3. The molecular formula is C21H20N4O3. The molecule has 7 nitrogen and oxygen atoms in total. The van der Waals surface area contributed by atoms with Crippen molar-refractivity contribution in [1.82, 2.24) is 4.98 Å². The number of carbonyl (C=O) groups is 2. The highest BCUT2D eigenvalue weighted by Gasteiger charge is 2.21. The van der Waals surface area contributed by atoms with Gasteiger partial charge in [-0.2, -0.15) is 5.26 Å². The van der Waals surface area contributed by atoms with Gasteiger partial charge in [-0.15, -0.1) is 0 Å². The van der Waals surface area contributed by atoms with Gasteiger partial charge in [0.1, 0.15) is 18.5 Å². The van der Waals surface area contributed by atoms with Gasteiger partial charge in [0.2, 0.25) is 5.91 Å². The van der Waals surface area contributed by atoms with Gasteiger partial charge in [-0.05, 0) is 42.3 Å². The lowest BCUT2D eigenvalue weighted by Gasteiger charge is -2.15. The number of esters is 1. The van der Waals surface area contributed by atoms with Crippen LogP contribution in [0.2, 0.25) is 0 Å². The summed E-state index contributed by atoms with van der Waals surface area (Å²) in [5.41, 5.74) is 2.16. The fourth-order valence-electron chi connectivity index (χ4n) is 2.86. The van der Waals surface area contributed by atoms with E-state index in [-0.39, 0.29) is 12.5 Å². The number of ether oxygens (including phenoxy) is 1. The Hall–Kier alpha value is -3.66. The van der Waals surface area contributed by atoms with Crippen molar-refractivity contribution in [1.29, 1.82) is 5.26 Å². The molecule has 142 valence electrons. The van der Waals surface area contributed by atoms with Crippen LogP contribution in [0.15, 0.2) is 48.7 Å². The number of benzene rings is 1. The molecule has 7 heteroatoms. The van der Waals surface area contributed by atoms with E-state index < -0.39 is 5.97 Å². The zero-order valence-electron chi connectivity index (χ0n) is 15.3. The van der Waals surface area contributed by atoms with Crippen molar-refractivity contribution in [2.24, 2.45) is 0 Å². The summed E-state index contributed by atoms with van der Waals surface area (Å²) >= 11 is 0. The van der Waals surface area contributed by atoms with Crippen molar-refractivity contribution < 1.29 is 14.3 Å². The second-order valence-corrected chi connectivity index (χ2v) is 6.18. The molecule has 0 aliphatic carbocycles. The Balaban J connectivity index is 1.44. The van der Waals surface area contributed by atoms with Crippen LogP contribution in [0.1, 0.15) is 24.0 Å². The van der Waals surface area contributed by atoms with E-state index in [2.05, 4.69) is 10.3 Å². The molecule has 0 saturated carbocycles. The van der Waals surface area contributed by atoms with Crippen LogP contribution < -0.4 is 10.2 Å². The van der Waals surface area contributed by atoms with Gasteiger partial charge < -0.3 is 15.0 Å². The molecule has 0 atom stereocenters. The second kappa shape index (κ2) is 9.33. The van der Waals surface area contributed by atoms with Gasteiger partial charge in [-0.1, -0.05) is 12.1 Å². The molecule has 1 aliphatic heterocycles. The van der Waals surface area contributed by atoms with Crippen LogP contribution in [-0.2, 0) is 14.3 Å². The molecule has 0 bridgehead atoms. The Morgan fingerprint density at radius 2 is 2.14 bits per heavy atom. The smallest absolute Gasteiger partial charge is 0.330 e. The largest absolute Gasteiger partial charge is 0.461 e. The fourth-order valence-corrected chi connectivity index (χ4v) is 2.86. The molecule has 1 fully saturated rings. The van der Waals surface area contributed by atoms with Crippen molar-refractivity contribution in [3.63, 3.8) is 0 Å². The van der Waals surface area contributed by atoms with E-state index in [9.17, 15) is 9.59 Å². The first-order chi connectivity index (χ1) is 13.7. The first kappa shape index (κ1) is 19.1. The minimum absolute atomic E-state index is 0.146. The summed E-state index contributed by atoms with van der Waals surface area (Å²) in [6, 6.07) is 12.8. The number of hydrogen-bond donors (Lipinski definition) is 1. The first-order valence-electron chi connectivity index (χ1n) is 9.01. The van der Waals surface area contributed by atoms with Crippen molar-refractivity contribution in [2.45, 2.75) is 12.8 Å². The quantitative estimate of drug-likeness (QED) is 0.454. The molecule has 2 heterocycles. The third-order valence-corrected chi connectivity index (χ3v) is 4.26. The third kappa shape index (κ3) is 4.95. The number of nitriles is 1. The molecule has 3 rings (SSSR count). The van der Waals surface area contributed by atoms with E-state index in [0.717, 1.165) is 24.2 Å². The highest BCUT2D eigenvalue weighted by Crippen LogP contribution is 2.21. The Morgan fingerprint density at radius 3 is 2.86 bits per heavy atom. The zero-order chi connectivity index (χ0) is 19.8. The maximum absolute atomic E-state index is 11.8. The molecule has 28 heavy (non-hydrogen) atoms. The SMILES string of the molecule is N#Cc1cccnc1NCCOC(=O)/C=C/c1ccc(N2CCCC2=O)cc1. The average Bonchev–Trinajstić information content (AvgIpc) is 3.16. The number of amides is 1. The molecule has 1 aromatic heterocycles. The number of rotatable bonds is 7. The van der Waals surface area contributed by atoms with Gasteiger partial charge in [-0.3, -0.25) is 4.79 Å². The Morgan fingerprint density at radius 1 is 1.32 bits per heavy atom. The van der Waals surface area contributed by atoms with Gasteiger partial charge in [0, 0.05) is 30.9 Å².